The Bertz CT molecular complexity index is 1490. The maximum absolute atomic E-state index is 14.2. The van der Waals surface area contributed by atoms with E-state index in [9.17, 15) is 26.2 Å². The van der Waals surface area contributed by atoms with Crippen molar-refractivity contribution >= 4 is 44.3 Å². The number of benzene rings is 3. The highest BCUT2D eigenvalue weighted by Crippen LogP contribution is 2.50. The maximum atomic E-state index is 14.2. The largest absolute Gasteiger partial charge is 0.435 e. The van der Waals surface area contributed by atoms with E-state index < -0.39 is 55.2 Å². The van der Waals surface area contributed by atoms with Crippen LogP contribution in [0.25, 0.3) is 0 Å². The van der Waals surface area contributed by atoms with Gasteiger partial charge >= 0.3 is 6.18 Å². The predicted octanol–water partition coefficient (Wildman–Crippen LogP) is 7.95. The van der Waals surface area contributed by atoms with Crippen LogP contribution in [0, 0.1) is 18.6 Å². The van der Waals surface area contributed by atoms with Crippen LogP contribution in [0.2, 0.25) is 10.0 Å². The Hall–Kier alpha value is -2.69. The van der Waals surface area contributed by atoms with Crippen LogP contribution >= 0.6 is 23.2 Å². The molecule has 0 radical (unpaired) electrons. The first-order valence-electron chi connectivity index (χ1n) is 10.3. The van der Waals surface area contributed by atoms with Gasteiger partial charge in [-0.3, -0.25) is 0 Å². The third-order valence-corrected chi connectivity index (χ3v) is 7.90. The number of alkyl halides is 3. The van der Waals surface area contributed by atoms with Gasteiger partial charge in [0, 0.05) is 18.2 Å². The minimum atomic E-state index is -4.94. The monoisotopic (exact) mass is 562 g/mol. The highest BCUT2D eigenvalue weighted by molar-refractivity contribution is 7.93. The van der Waals surface area contributed by atoms with Crippen LogP contribution < -0.4 is 0 Å². The zero-order valence-corrected chi connectivity index (χ0v) is 21.0. The first-order valence-corrected chi connectivity index (χ1v) is 13.0. The van der Waals surface area contributed by atoms with Crippen LogP contribution in [0.3, 0.4) is 0 Å². The van der Waals surface area contributed by atoms with Crippen LogP contribution in [-0.4, -0.2) is 22.4 Å². The van der Waals surface area contributed by atoms with Crippen molar-refractivity contribution in [2.24, 2.45) is 9.52 Å². The van der Waals surface area contributed by atoms with Gasteiger partial charge in [-0.05, 0) is 60.5 Å². The van der Waals surface area contributed by atoms with E-state index in [4.69, 9.17) is 28.0 Å². The van der Waals surface area contributed by atoms with E-state index in [1.165, 1.54) is 42.7 Å². The summed E-state index contributed by atoms with van der Waals surface area (Å²) in [6.45, 7) is 1.64. The number of nitrogens with zero attached hydrogens (tertiary/aromatic N) is 2. The fraction of sp³-hybridized carbons (Fsp3) is 0.208. The van der Waals surface area contributed by atoms with Gasteiger partial charge < -0.3 is 4.84 Å². The average Bonchev–Trinajstić information content (AvgIpc) is 3.25. The normalized spacial score (nSPS) is 19.4. The summed E-state index contributed by atoms with van der Waals surface area (Å²) in [7, 11) is -3.00. The molecule has 0 saturated carbocycles. The summed E-state index contributed by atoms with van der Waals surface area (Å²) in [5.41, 5.74) is -2.32. The molecule has 3 aromatic rings. The molecule has 0 spiro atoms. The summed E-state index contributed by atoms with van der Waals surface area (Å²) in [5, 5.41) is 2.51. The summed E-state index contributed by atoms with van der Waals surface area (Å²) in [4.78, 5) is 5.15. The lowest BCUT2D eigenvalue weighted by molar-refractivity contribution is -0.275. The number of hydrogen-bond acceptors (Lipinski definition) is 4. The van der Waals surface area contributed by atoms with Gasteiger partial charge in [0.2, 0.25) is 0 Å². The standard InChI is InChI=1S/C24H17Cl2F5N2O2S/c1-13-8-14(6-7-20(13)33-36(2,34)17-5-3-4-16(27)11-17)21-12-23(35-32-21,24(29,30)31)15-9-18(25)22(28)19(26)10-15/h3-11H,12H2,1-2H3. The Morgan fingerprint density at radius 1 is 1.06 bits per heavy atom. The van der Waals surface area contributed by atoms with E-state index in [0.717, 1.165) is 18.2 Å². The van der Waals surface area contributed by atoms with Crippen LogP contribution in [0.5, 0.6) is 0 Å². The molecule has 0 amide bonds. The third-order valence-electron chi connectivity index (χ3n) is 5.67. The zero-order chi connectivity index (χ0) is 26.5. The second-order valence-electron chi connectivity index (χ2n) is 8.24. The highest BCUT2D eigenvalue weighted by Gasteiger charge is 2.62. The van der Waals surface area contributed by atoms with Gasteiger partial charge in [0.05, 0.1) is 36.1 Å². The Morgan fingerprint density at radius 3 is 2.31 bits per heavy atom. The quantitative estimate of drug-likeness (QED) is 0.239. The van der Waals surface area contributed by atoms with E-state index in [0.29, 0.717) is 16.8 Å². The smallest absolute Gasteiger partial charge is 0.374 e. The van der Waals surface area contributed by atoms with Crippen molar-refractivity contribution < 1.29 is 31.0 Å². The van der Waals surface area contributed by atoms with Crippen molar-refractivity contribution in [2.45, 2.75) is 30.0 Å². The van der Waals surface area contributed by atoms with Gasteiger partial charge in [0.15, 0.2) is 5.82 Å². The molecule has 0 fully saturated rings. The summed E-state index contributed by atoms with van der Waals surface area (Å²) in [5.74, 6) is -1.60. The molecule has 4 nitrogen and oxygen atoms in total. The van der Waals surface area contributed by atoms with Crippen LogP contribution in [0.1, 0.15) is 23.1 Å². The van der Waals surface area contributed by atoms with Crippen molar-refractivity contribution in [3.63, 3.8) is 0 Å². The van der Waals surface area contributed by atoms with Gasteiger partial charge in [0.25, 0.3) is 5.60 Å². The minimum Gasteiger partial charge on any atom is -0.374 e. The fourth-order valence-electron chi connectivity index (χ4n) is 3.73. The maximum Gasteiger partial charge on any atom is 0.435 e. The van der Waals surface area contributed by atoms with Gasteiger partial charge in [-0.25, -0.2) is 13.0 Å². The first kappa shape index (κ1) is 26.4. The number of rotatable bonds is 4. The van der Waals surface area contributed by atoms with Crippen molar-refractivity contribution in [3.8, 4) is 0 Å². The molecule has 1 aliphatic rings. The minimum absolute atomic E-state index is 0.0269. The second-order valence-corrected chi connectivity index (χ2v) is 11.3. The summed E-state index contributed by atoms with van der Waals surface area (Å²) < 4.78 is 87.4. The molecule has 0 N–H and O–H groups in total. The molecule has 4 rings (SSSR count). The Labute approximate surface area is 213 Å². The summed E-state index contributed by atoms with van der Waals surface area (Å²) in [6.07, 6.45) is -4.30. The second kappa shape index (κ2) is 9.32. The van der Waals surface area contributed by atoms with E-state index in [1.54, 1.807) is 6.92 Å². The third kappa shape index (κ3) is 4.81. The molecule has 0 saturated heterocycles. The zero-order valence-electron chi connectivity index (χ0n) is 18.7. The summed E-state index contributed by atoms with van der Waals surface area (Å²) >= 11 is 11.5. The lowest BCUT2D eigenvalue weighted by atomic mass is 9.86. The Kier molecular flexibility index (Phi) is 6.83. The van der Waals surface area contributed by atoms with Gasteiger partial charge in [-0.15, -0.1) is 0 Å². The molecular formula is C24H17Cl2F5N2O2S. The summed E-state index contributed by atoms with van der Waals surface area (Å²) in [6, 6.07) is 11.4. The van der Waals surface area contributed by atoms with Crippen molar-refractivity contribution in [1.29, 1.82) is 0 Å². The molecule has 0 bridgehead atoms. The Morgan fingerprint density at radius 2 is 1.72 bits per heavy atom. The van der Waals surface area contributed by atoms with Crippen LogP contribution in [-0.2, 0) is 20.2 Å². The predicted molar refractivity (Wildman–Crippen MR) is 128 cm³/mol. The lowest BCUT2D eigenvalue weighted by Gasteiger charge is -2.29. The molecule has 12 heteroatoms. The van der Waals surface area contributed by atoms with Crippen molar-refractivity contribution in [3.05, 3.63) is 93.0 Å². The number of aryl methyl sites for hydroxylation is 1. The fourth-order valence-corrected chi connectivity index (χ4v) is 5.56. The van der Waals surface area contributed by atoms with E-state index in [2.05, 4.69) is 9.52 Å². The van der Waals surface area contributed by atoms with Gasteiger partial charge in [0.1, 0.15) is 5.82 Å². The van der Waals surface area contributed by atoms with Crippen molar-refractivity contribution in [1.82, 2.24) is 0 Å². The van der Waals surface area contributed by atoms with E-state index in [-0.39, 0.29) is 10.6 Å². The molecule has 1 aliphatic heterocycles. The van der Waals surface area contributed by atoms with E-state index >= 15 is 0 Å². The molecule has 0 aromatic heterocycles. The number of oxime groups is 1. The van der Waals surface area contributed by atoms with Crippen molar-refractivity contribution in [2.75, 3.05) is 6.26 Å². The average molecular weight is 563 g/mol. The van der Waals surface area contributed by atoms with E-state index in [1.807, 2.05) is 0 Å². The van der Waals surface area contributed by atoms with Gasteiger partial charge in [-0.1, -0.05) is 40.5 Å². The molecule has 190 valence electrons. The molecule has 0 aliphatic carbocycles. The SMILES string of the molecule is Cc1cc(C2=NOC(c3cc(Cl)c(F)c(Cl)c3)(C(F)(F)F)C2)ccc1N=S(C)(=O)c1cccc(F)c1. The molecule has 2 unspecified atom stereocenters. The number of halogens is 7. The first-order chi connectivity index (χ1) is 16.7. The molecule has 3 aromatic carbocycles. The highest BCUT2D eigenvalue weighted by atomic mass is 35.5. The number of hydrogen-bond donors (Lipinski definition) is 0. The Balaban J connectivity index is 1.69. The van der Waals surface area contributed by atoms with Crippen LogP contribution in [0.4, 0.5) is 27.6 Å². The van der Waals surface area contributed by atoms with Gasteiger partial charge in [-0.2, -0.15) is 17.5 Å². The topological polar surface area (TPSA) is 51.0 Å². The lowest BCUT2D eigenvalue weighted by Crippen LogP contribution is -2.42. The molecule has 1 heterocycles. The molecular weight excluding hydrogens is 546 g/mol. The molecule has 36 heavy (non-hydrogen) atoms. The molecule has 2 atom stereocenters. The van der Waals surface area contributed by atoms with Crippen LogP contribution in [0.15, 0.2) is 69.0 Å².